The zero-order valence-corrected chi connectivity index (χ0v) is 17.0. The maximum Gasteiger partial charge on any atom is 0.238 e. The fourth-order valence-corrected chi connectivity index (χ4v) is 2.97. The van der Waals surface area contributed by atoms with Gasteiger partial charge in [0.05, 0.1) is 13.1 Å². The maximum absolute atomic E-state index is 12.4. The van der Waals surface area contributed by atoms with Crippen molar-refractivity contribution in [3.63, 3.8) is 0 Å². The lowest BCUT2D eigenvalue weighted by Gasteiger charge is -2.20. The third kappa shape index (κ3) is 6.08. The molecule has 0 spiro atoms. The highest BCUT2D eigenvalue weighted by Crippen LogP contribution is 2.20. The van der Waals surface area contributed by atoms with Gasteiger partial charge in [-0.2, -0.15) is 0 Å². The number of likely N-dealkylation sites (N-methyl/N-ethyl adjacent to an activating group) is 1. The van der Waals surface area contributed by atoms with Gasteiger partial charge in [-0.25, -0.2) is 0 Å². The summed E-state index contributed by atoms with van der Waals surface area (Å²) in [7, 11) is 0. The van der Waals surface area contributed by atoms with Gasteiger partial charge in [-0.3, -0.25) is 14.5 Å². The quantitative estimate of drug-likeness (QED) is 0.749. The molecular weight excluding hydrogens is 362 g/mol. The minimum atomic E-state index is -0.179. The van der Waals surface area contributed by atoms with E-state index in [0.717, 1.165) is 22.4 Å². The molecule has 2 aromatic rings. The van der Waals surface area contributed by atoms with Crippen LogP contribution in [0.5, 0.6) is 0 Å². The molecule has 0 saturated carbocycles. The molecular formula is C21H26ClN3O2. The fraction of sp³-hybridized carbons (Fsp3) is 0.333. The molecule has 27 heavy (non-hydrogen) atoms. The predicted octanol–water partition coefficient (Wildman–Crippen LogP) is 4.16. The fourth-order valence-electron chi connectivity index (χ4n) is 2.79. The Kier molecular flexibility index (Phi) is 7.39. The van der Waals surface area contributed by atoms with Crippen molar-refractivity contribution in [1.82, 2.24) is 4.90 Å². The molecule has 2 N–H and O–H groups in total. The summed E-state index contributed by atoms with van der Waals surface area (Å²) in [5, 5.41) is 6.38. The molecule has 5 nitrogen and oxygen atoms in total. The number of benzene rings is 2. The van der Waals surface area contributed by atoms with Crippen molar-refractivity contribution in [2.24, 2.45) is 0 Å². The molecule has 2 amide bonds. The first-order chi connectivity index (χ1) is 12.8. The van der Waals surface area contributed by atoms with Gasteiger partial charge in [-0.15, -0.1) is 0 Å². The second-order valence-corrected chi connectivity index (χ2v) is 7.06. The number of carbonyl (C=O) groups is 2. The zero-order valence-electron chi connectivity index (χ0n) is 16.2. The summed E-state index contributed by atoms with van der Waals surface area (Å²) in [6.45, 7) is 8.60. The Morgan fingerprint density at radius 2 is 1.52 bits per heavy atom. The van der Waals surface area contributed by atoms with Crippen LogP contribution in [0.15, 0.2) is 36.4 Å². The number of amides is 2. The van der Waals surface area contributed by atoms with Crippen LogP contribution in [0, 0.1) is 20.8 Å². The van der Waals surface area contributed by atoms with E-state index in [9.17, 15) is 9.59 Å². The van der Waals surface area contributed by atoms with Gasteiger partial charge in [0.2, 0.25) is 11.8 Å². The number of nitrogens with zero attached hydrogens (tertiary/aromatic N) is 1. The number of anilines is 2. The van der Waals surface area contributed by atoms with E-state index in [2.05, 4.69) is 10.6 Å². The van der Waals surface area contributed by atoms with Crippen LogP contribution in [-0.2, 0) is 9.59 Å². The largest absolute Gasteiger partial charge is 0.325 e. The minimum Gasteiger partial charge on any atom is -0.325 e. The maximum atomic E-state index is 12.4. The van der Waals surface area contributed by atoms with Crippen LogP contribution < -0.4 is 10.6 Å². The Labute approximate surface area is 165 Å². The summed E-state index contributed by atoms with van der Waals surface area (Å²) < 4.78 is 0. The van der Waals surface area contributed by atoms with E-state index in [-0.39, 0.29) is 24.9 Å². The summed E-state index contributed by atoms with van der Waals surface area (Å²) in [6, 6.07) is 11.2. The summed E-state index contributed by atoms with van der Waals surface area (Å²) in [5.74, 6) is -0.317. The van der Waals surface area contributed by atoms with Crippen LogP contribution in [0.1, 0.15) is 23.6 Å². The molecule has 0 aromatic heterocycles. The van der Waals surface area contributed by atoms with E-state index in [1.165, 1.54) is 0 Å². The van der Waals surface area contributed by atoms with Crippen molar-refractivity contribution in [1.29, 1.82) is 0 Å². The average molecular weight is 388 g/mol. The van der Waals surface area contributed by atoms with Gasteiger partial charge in [0.1, 0.15) is 0 Å². The van der Waals surface area contributed by atoms with Crippen LogP contribution in [-0.4, -0.2) is 36.3 Å². The predicted molar refractivity (Wildman–Crippen MR) is 111 cm³/mol. The standard InChI is InChI=1S/C21H26ClN3O2/c1-5-25(12-19(26)23-18-11-17(22)10-9-14(18)2)13-20(27)24-21-15(3)7-6-8-16(21)4/h6-11H,5,12-13H2,1-4H3,(H,23,26)(H,24,27). The smallest absolute Gasteiger partial charge is 0.238 e. The molecule has 0 atom stereocenters. The van der Waals surface area contributed by atoms with Gasteiger partial charge >= 0.3 is 0 Å². The molecule has 0 aliphatic heterocycles. The van der Waals surface area contributed by atoms with Crippen LogP contribution in [0.2, 0.25) is 5.02 Å². The van der Waals surface area contributed by atoms with E-state index in [0.29, 0.717) is 17.3 Å². The molecule has 6 heteroatoms. The SMILES string of the molecule is CCN(CC(=O)Nc1cc(Cl)ccc1C)CC(=O)Nc1c(C)cccc1C. The van der Waals surface area contributed by atoms with Crippen LogP contribution in [0.25, 0.3) is 0 Å². The molecule has 0 fully saturated rings. The first-order valence-corrected chi connectivity index (χ1v) is 9.32. The highest BCUT2D eigenvalue weighted by Gasteiger charge is 2.15. The molecule has 144 valence electrons. The van der Waals surface area contributed by atoms with E-state index in [1.807, 2.05) is 52.0 Å². The number of hydrogen-bond donors (Lipinski definition) is 2. The lowest BCUT2D eigenvalue weighted by molar-refractivity contribution is -0.119. The second-order valence-electron chi connectivity index (χ2n) is 6.63. The number of nitrogens with one attached hydrogen (secondary N) is 2. The van der Waals surface area contributed by atoms with E-state index >= 15 is 0 Å². The Morgan fingerprint density at radius 3 is 2.11 bits per heavy atom. The number of rotatable bonds is 7. The highest BCUT2D eigenvalue weighted by molar-refractivity contribution is 6.31. The molecule has 0 aliphatic rings. The van der Waals surface area contributed by atoms with Gasteiger partial charge in [0, 0.05) is 16.4 Å². The Bertz CT molecular complexity index is 816. The van der Waals surface area contributed by atoms with Crippen molar-refractivity contribution in [3.05, 3.63) is 58.1 Å². The molecule has 0 heterocycles. The Hall–Kier alpha value is -2.37. The molecule has 0 bridgehead atoms. The number of hydrogen-bond acceptors (Lipinski definition) is 3. The normalized spacial score (nSPS) is 10.7. The van der Waals surface area contributed by atoms with Gasteiger partial charge in [-0.05, 0) is 56.1 Å². The van der Waals surface area contributed by atoms with E-state index < -0.39 is 0 Å². The number of carbonyl (C=O) groups excluding carboxylic acids is 2. The average Bonchev–Trinajstić information content (AvgIpc) is 2.61. The van der Waals surface area contributed by atoms with Crippen molar-refractivity contribution < 1.29 is 9.59 Å². The van der Waals surface area contributed by atoms with Crippen LogP contribution in [0.4, 0.5) is 11.4 Å². The molecule has 0 saturated heterocycles. The van der Waals surface area contributed by atoms with Gasteiger partial charge < -0.3 is 10.6 Å². The number of aryl methyl sites for hydroxylation is 3. The lowest BCUT2D eigenvalue weighted by atomic mass is 10.1. The Balaban J connectivity index is 1.95. The van der Waals surface area contributed by atoms with Crippen LogP contribution in [0.3, 0.4) is 0 Å². The minimum absolute atomic E-state index is 0.128. The first kappa shape index (κ1) is 20.9. The van der Waals surface area contributed by atoms with Crippen molar-refractivity contribution >= 4 is 34.8 Å². The van der Waals surface area contributed by atoms with E-state index in [4.69, 9.17) is 11.6 Å². The van der Waals surface area contributed by atoms with Gasteiger partial charge in [0.25, 0.3) is 0 Å². The number of para-hydroxylation sites is 1. The highest BCUT2D eigenvalue weighted by atomic mass is 35.5. The monoisotopic (exact) mass is 387 g/mol. The summed E-state index contributed by atoms with van der Waals surface area (Å²) >= 11 is 5.99. The third-order valence-electron chi connectivity index (χ3n) is 4.40. The molecule has 0 aliphatic carbocycles. The van der Waals surface area contributed by atoms with Gasteiger partial charge in [-0.1, -0.05) is 42.8 Å². The van der Waals surface area contributed by atoms with Gasteiger partial charge in [0.15, 0.2) is 0 Å². The third-order valence-corrected chi connectivity index (χ3v) is 4.64. The van der Waals surface area contributed by atoms with Crippen molar-refractivity contribution in [3.8, 4) is 0 Å². The lowest BCUT2D eigenvalue weighted by Crippen LogP contribution is -2.38. The Morgan fingerprint density at radius 1 is 0.926 bits per heavy atom. The van der Waals surface area contributed by atoms with Crippen molar-refractivity contribution in [2.45, 2.75) is 27.7 Å². The summed E-state index contributed by atoms with van der Waals surface area (Å²) in [6.07, 6.45) is 0. The molecule has 0 unspecified atom stereocenters. The molecule has 2 rings (SSSR count). The van der Waals surface area contributed by atoms with E-state index in [1.54, 1.807) is 17.0 Å². The zero-order chi connectivity index (χ0) is 20.0. The summed E-state index contributed by atoms with van der Waals surface area (Å²) in [5.41, 5.74) is 4.48. The first-order valence-electron chi connectivity index (χ1n) is 8.94. The molecule has 2 aromatic carbocycles. The van der Waals surface area contributed by atoms with Crippen molar-refractivity contribution in [2.75, 3.05) is 30.3 Å². The molecule has 0 radical (unpaired) electrons. The second kappa shape index (κ2) is 9.53. The topological polar surface area (TPSA) is 61.4 Å². The number of halogens is 1. The van der Waals surface area contributed by atoms with Crippen LogP contribution >= 0.6 is 11.6 Å². The summed E-state index contributed by atoms with van der Waals surface area (Å²) in [4.78, 5) is 26.6.